The van der Waals surface area contributed by atoms with Crippen molar-refractivity contribution >= 4 is 11.6 Å². The first kappa shape index (κ1) is 11.9. The number of nitrogens with two attached hydrogens (primary N) is 1. The number of rotatable bonds is 2. The van der Waals surface area contributed by atoms with Gasteiger partial charge in [0.1, 0.15) is 0 Å². The van der Waals surface area contributed by atoms with Crippen molar-refractivity contribution in [2.75, 3.05) is 31.1 Å². The number of hydrogen-bond donors (Lipinski definition) is 2. The number of benzene rings is 1. The summed E-state index contributed by atoms with van der Waals surface area (Å²) in [6, 6.07) is 3.79. The summed E-state index contributed by atoms with van der Waals surface area (Å²) in [7, 11) is 0. The molecule has 4 nitrogen and oxygen atoms in total. The van der Waals surface area contributed by atoms with Crippen LogP contribution in [0.25, 0.3) is 0 Å². The minimum absolute atomic E-state index is 0.348. The van der Waals surface area contributed by atoms with E-state index in [1.807, 2.05) is 19.1 Å². The lowest BCUT2D eigenvalue weighted by molar-refractivity contribution is 0.1000. The van der Waals surface area contributed by atoms with Gasteiger partial charge in [-0.3, -0.25) is 4.79 Å². The number of carbonyl (C=O) groups is 1. The van der Waals surface area contributed by atoms with E-state index in [0.29, 0.717) is 5.56 Å². The zero-order valence-corrected chi connectivity index (χ0v) is 10.4. The maximum Gasteiger partial charge on any atom is 0.249 e. The number of aryl methyl sites for hydroxylation is 1. The van der Waals surface area contributed by atoms with Crippen LogP contribution in [0.4, 0.5) is 5.69 Å². The van der Waals surface area contributed by atoms with Gasteiger partial charge in [-0.25, -0.2) is 0 Å². The maximum absolute atomic E-state index is 11.4. The van der Waals surface area contributed by atoms with E-state index < -0.39 is 0 Å². The minimum atomic E-state index is -0.348. The van der Waals surface area contributed by atoms with Gasteiger partial charge in [-0.15, -0.1) is 0 Å². The summed E-state index contributed by atoms with van der Waals surface area (Å²) in [6.45, 7) is 7.98. The fourth-order valence-corrected chi connectivity index (χ4v) is 2.48. The third-order valence-electron chi connectivity index (χ3n) is 3.33. The van der Waals surface area contributed by atoms with Crippen LogP contribution in [0.3, 0.4) is 0 Å². The number of nitrogens with zero attached hydrogens (tertiary/aromatic N) is 1. The van der Waals surface area contributed by atoms with Gasteiger partial charge in [0, 0.05) is 37.4 Å². The van der Waals surface area contributed by atoms with Gasteiger partial charge in [0.25, 0.3) is 0 Å². The Hall–Kier alpha value is -1.55. The number of nitrogens with one attached hydrogen (secondary N) is 1. The summed E-state index contributed by atoms with van der Waals surface area (Å²) in [5, 5.41) is 3.33. The molecule has 92 valence electrons. The van der Waals surface area contributed by atoms with Gasteiger partial charge in [0.05, 0.1) is 0 Å². The second-order valence-electron chi connectivity index (χ2n) is 4.50. The van der Waals surface area contributed by atoms with Crippen LogP contribution in [0.5, 0.6) is 0 Å². The highest BCUT2D eigenvalue weighted by Crippen LogP contribution is 2.27. The molecular weight excluding hydrogens is 214 g/mol. The molecular formula is C13H19N3O. The minimum Gasteiger partial charge on any atom is -0.369 e. The Bertz CT molecular complexity index is 437. The lowest BCUT2D eigenvalue weighted by atomic mass is 10.0. The van der Waals surface area contributed by atoms with Gasteiger partial charge < -0.3 is 16.0 Å². The molecule has 0 atom stereocenters. The zero-order valence-electron chi connectivity index (χ0n) is 10.4. The number of carbonyl (C=O) groups excluding carboxylic acids is 1. The third-order valence-corrected chi connectivity index (χ3v) is 3.33. The predicted octanol–water partition coefficient (Wildman–Crippen LogP) is 0.812. The SMILES string of the molecule is Cc1ccc(C(N)=O)c(C)c1N1CCNCC1. The van der Waals surface area contributed by atoms with Gasteiger partial charge in [-0.2, -0.15) is 0 Å². The summed E-state index contributed by atoms with van der Waals surface area (Å²) in [5.41, 5.74) is 9.39. The van der Waals surface area contributed by atoms with Crippen molar-refractivity contribution in [1.82, 2.24) is 5.32 Å². The van der Waals surface area contributed by atoms with Gasteiger partial charge >= 0.3 is 0 Å². The molecule has 1 aliphatic heterocycles. The average molecular weight is 233 g/mol. The molecule has 1 amide bonds. The van der Waals surface area contributed by atoms with E-state index in [1.54, 1.807) is 0 Å². The number of primary amides is 1. The first-order valence-electron chi connectivity index (χ1n) is 5.97. The second kappa shape index (κ2) is 4.75. The van der Waals surface area contributed by atoms with Crippen LogP contribution in [-0.4, -0.2) is 32.1 Å². The quantitative estimate of drug-likeness (QED) is 0.795. The average Bonchev–Trinajstić information content (AvgIpc) is 2.30. The van der Waals surface area contributed by atoms with Gasteiger partial charge in [0.15, 0.2) is 0 Å². The molecule has 0 unspecified atom stereocenters. The lowest BCUT2D eigenvalue weighted by Gasteiger charge is -2.32. The molecule has 0 aliphatic carbocycles. The molecule has 4 heteroatoms. The second-order valence-corrected chi connectivity index (χ2v) is 4.50. The maximum atomic E-state index is 11.4. The summed E-state index contributed by atoms with van der Waals surface area (Å²) >= 11 is 0. The Morgan fingerprint density at radius 1 is 1.29 bits per heavy atom. The topological polar surface area (TPSA) is 58.4 Å². The Labute approximate surface area is 102 Å². The molecule has 1 heterocycles. The number of anilines is 1. The van der Waals surface area contributed by atoms with E-state index in [2.05, 4.69) is 17.1 Å². The van der Waals surface area contributed by atoms with Crippen molar-refractivity contribution in [1.29, 1.82) is 0 Å². The molecule has 0 spiro atoms. The molecule has 2 rings (SSSR count). The third kappa shape index (κ3) is 2.26. The van der Waals surface area contributed by atoms with E-state index in [1.165, 1.54) is 11.3 Å². The Kier molecular flexibility index (Phi) is 3.33. The summed E-state index contributed by atoms with van der Waals surface area (Å²) in [4.78, 5) is 13.7. The highest BCUT2D eigenvalue weighted by atomic mass is 16.1. The Morgan fingerprint density at radius 3 is 2.53 bits per heavy atom. The van der Waals surface area contributed by atoms with E-state index >= 15 is 0 Å². The number of piperazine rings is 1. The zero-order chi connectivity index (χ0) is 12.4. The van der Waals surface area contributed by atoms with Gasteiger partial charge in [0.2, 0.25) is 5.91 Å². The van der Waals surface area contributed by atoms with Crippen molar-refractivity contribution in [3.8, 4) is 0 Å². The Balaban J connectivity index is 2.43. The highest BCUT2D eigenvalue weighted by Gasteiger charge is 2.18. The molecule has 0 bridgehead atoms. The number of amides is 1. The van der Waals surface area contributed by atoms with Crippen molar-refractivity contribution in [2.24, 2.45) is 5.73 Å². The van der Waals surface area contributed by atoms with Crippen molar-refractivity contribution in [2.45, 2.75) is 13.8 Å². The standard InChI is InChI=1S/C13H19N3O/c1-9-3-4-11(13(14)17)10(2)12(9)16-7-5-15-6-8-16/h3-4,15H,5-8H2,1-2H3,(H2,14,17). The van der Waals surface area contributed by atoms with Crippen molar-refractivity contribution in [3.63, 3.8) is 0 Å². The van der Waals surface area contributed by atoms with Crippen LogP contribution in [0, 0.1) is 13.8 Å². The molecule has 17 heavy (non-hydrogen) atoms. The predicted molar refractivity (Wildman–Crippen MR) is 69.5 cm³/mol. The van der Waals surface area contributed by atoms with Crippen LogP contribution in [0.1, 0.15) is 21.5 Å². The monoisotopic (exact) mass is 233 g/mol. The van der Waals surface area contributed by atoms with Crippen molar-refractivity contribution in [3.05, 3.63) is 28.8 Å². The molecule has 3 N–H and O–H groups in total. The van der Waals surface area contributed by atoms with Crippen LogP contribution in [0.2, 0.25) is 0 Å². The molecule has 1 aromatic carbocycles. The summed E-state index contributed by atoms with van der Waals surface area (Å²) in [6.07, 6.45) is 0. The molecule has 1 aromatic rings. The summed E-state index contributed by atoms with van der Waals surface area (Å²) < 4.78 is 0. The smallest absolute Gasteiger partial charge is 0.249 e. The molecule has 1 saturated heterocycles. The first-order valence-corrected chi connectivity index (χ1v) is 5.97. The van der Waals surface area contributed by atoms with Crippen LogP contribution in [-0.2, 0) is 0 Å². The fourth-order valence-electron chi connectivity index (χ4n) is 2.48. The number of hydrogen-bond acceptors (Lipinski definition) is 3. The lowest BCUT2D eigenvalue weighted by Crippen LogP contribution is -2.44. The van der Waals surface area contributed by atoms with E-state index in [9.17, 15) is 4.79 Å². The van der Waals surface area contributed by atoms with E-state index in [-0.39, 0.29) is 5.91 Å². The van der Waals surface area contributed by atoms with Crippen LogP contribution < -0.4 is 16.0 Å². The van der Waals surface area contributed by atoms with Crippen molar-refractivity contribution < 1.29 is 4.79 Å². The van der Waals surface area contributed by atoms with Gasteiger partial charge in [-0.1, -0.05) is 6.07 Å². The van der Waals surface area contributed by atoms with Crippen LogP contribution >= 0.6 is 0 Å². The molecule has 0 saturated carbocycles. The van der Waals surface area contributed by atoms with Gasteiger partial charge in [-0.05, 0) is 31.0 Å². The van der Waals surface area contributed by atoms with Crippen LogP contribution in [0.15, 0.2) is 12.1 Å². The fraction of sp³-hybridized carbons (Fsp3) is 0.462. The molecule has 0 radical (unpaired) electrons. The first-order chi connectivity index (χ1) is 8.11. The highest BCUT2D eigenvalue weighted by molar-refractivity contribution is 5.96. The molecule has 0 aromatic heterocycles. The normalized spacial score (nSPS) is 16.0. The molecule has 1 fully saturated rings. The summed E-state index contributed by atoms with van der Waals surface area (Å²) in [5.74, 6) is -0.348. The molecule has 1 aliphatic rings. The largest absolute Gasteiger partial charge is 0.369 e. The van der Waals surface area contributed by atoms with E-state index in [4.69, 9.17) is 5.73 Å². The Morgan fingerprint density at radius 2 is 1.94 bits per heavy atom. The van der Waals surface area contributed by atoms with E-state index in [0.717, 1.165) is 31.7 Å².